The van der Waals surface area contributed by atoms with Crippen molar-refractivity contribution in [3.8, 4) is 12.0 Å². The Hall–Kier alpha value is -2.78. The SMILES string of the molecule is CCOC(=O)c1nnn(-c2nc(OC)nc(N3CCCC3)n2)c1C. The molecule has 1 saturated heterocycles. The van der Waals surface area contributed by atoms with Gasteiger partial charge in [-0.1, -0.05) is 5.21 Å². The molecule has 1 aliphatic heterocycles. The molecule has 2 aromatic heterocycles. The van der Waals surface area contributed by atoms with Crippen molar-refractivity contribution in [3.05, 3.63) is 11.4 Å². The van der Waals surface area contributed by atoms with Gasteiger partial charge in [-0.15, -0.1) is 5.10 Å². The monoisotopic (exact) mass is 333 g/mol. The Morgan fingerprint density at radius 2 is 1.88 bits per heavy atom. The summed E-state index contributed by atoms with van der Waals surface area (Å²) in [6.07, 6.45) is 2.19. The lowest BCUT2D eigenvalue weighted by Crippen LogP contribution is -2.22. The van der Waals surface area contributed by atoms with E-state index in [0.29, 0.717) is 11.6 Å². The summed E-state index contributed by atoms with van der Waals surface area (Å²) >= 11 is 0. The number of aromatic nitrogens is 6. The molecule has 0 unspecified atom stereocenters. The average molecular weight is 333 g/mol. The average Bonchev–Trinajstić information content (AvgIpc) is 3.24. The van der Waals surface area contributed by atoms with Crippen LogP contribution in [0.15, 0.2) is 0 Å². The summed E-state index contributed by atoms with van der Waals surface area (Å²) in [7, 11) is 1.49. The van der Waals surface area contributed by atoms with Gasteiger partial charge in [0.15, 0.2) is 5.69 Å². The third-order valence-electron chi connectivity index (χ3n) is 3.72. The van der Waals surface area contributed by atoms with Crippen LogP contribution in [-0.4, -0.2) is 62.7 Å². The van der Waals surface area contributed by atoms with E-state index < -0.39 is 5.97 Å². The minimum absolute atomic E-state index is 0.138. The van der Waals surface area contributed by atoms with Crippen molar-refractivity contribution < 1.29 is 14.3 Å². The normalized spacial score (nSPS) is 14.0. The molecular formula is C14H19N7O3. The predicted octanol–water partition coefficient (Wildman–Crippen LogP) is 0.546. The molecule has 0 amide bonds. The number of hydrogen-bond acceptors (Lipinski definition) is 9. The Kier molecular flexibility index (Phi) is 4.54. The Labute approximate surface area is 138 Å². The van der Waals surface area contributed by atoms with Gasteiger partial charge in [0.2, 0.25) is 5.95 Å². The number of ether oxygens (including phenoxy) is 2. The zero-order valence-electron chi connectivity index (χ0n) is 13.9. The summed E-state index contributed by atoms with van der Waals surface area (Å²) in [4.78, 5) is 26.9. The highest BCUT2D eigenvalue weighted by Crippen LogP contribution is 2.20. The summed E-state index contributed by atoms with van der Waals surface area (Å²) in [5.74, 6) is 0.258. The Balaban J connectivity index is 1.99. The molecule has 128 valence electrons. The van der Waals surface area contributed by atoms with Gasteiger partial charge in [0, 0.05) is 13.1 Å². The van der Waals surface area contributed by atoms with Gasteiger partial charge in [-0.05, 0) is 26.7 Å². The van der Waals surface area contributed by atoms with Crippen LogP contribution in [-0.2, 0) is 4.74 Å². The van der Waals surface area contributed by atoms with Crippen molar-refractivity contribution >= 4 is 11.9 Å². The molecule has 0 saturated carbocycles. The molecule has 0 atom stereocenters. The third kappa shape index (κ3) is 2.99. The highest BCUT2D eigenvalue weighted by Gasteiger charge is 2.22. The van der Waals surface area contributed by atoms with Crippen LogP contribution in [0.4, 0.5) is 5.95 Å². The van der Waals surface area contributed by atoms with Crippen molar-refractivity contribution in [1.82, 2.24) is 29.9 Å². The molecule has 24 heavy (non-hydrogen) atoms. The van der Waals surface area contributed by atoms with Gasteiger partial charge in [-0.2, -0.15) is 19.6 Å². The molecule has 2 aromatic rings. The lowest BCUT2D eigenvalue weighted by molar-refractivity contribution is 0.0518. The molecule has 1 fully saturated rings. The first-order chi connectivity index (χ1) is 11.6. The van der Waals surface area contributed by atoms with Gasteiger partial charge in [0.1, 0.15) is 0 Å². The van der Waals surface area contributed by atoms with Crippen LogP contribution in [0.2, 0.25) is 0 Å². The number of methoxy groups -OCH3 is 1. The van der Waals surface area contributed by atoms with Gasteiger partial charge in [0.25, 0.3) is 5.95 Å². The number of hydrogen-bond donors (Lipinski definition) is 0. The maximum Gasteiger partial charge on any atom is 0.360 e. The molecule has 0 N–H and O–H groups in total. The summed E-state index contributed by atoms with van der Waals surface area (Å²) < 4.78 is 11.5. The Morgan fingerprint density at radius 1 is 1.17 bits per heavy atom. The quantitative estimate of drug-likeness (QED) is 0.724. The Bertz CT molecular complexity index is 740. The highest BCUT2D eigenvalue weighted by atomic mass is 16.5. The maximum absolute atomic E-state index is 11.9. The van der Waals surface area contributed by atoms with Crippen molar-refractivity contribution in [1.29, 1.82) is 0 Å². The van der Waals surface area contributed by atoms with Crippen LogP contribution in [0, 0.1) is 6.92 Å². The van der Waals surface area contributed by atoms with E-state index in [9.17, 15) is 4.79 Å². The van der Waals surface area contributed by atoms with E-state index in [2.05, 4.69) is 30.2 Å². The van der Waals surface area contributed by atoms with Crippen molar-refractivity contribution in [2.24, 2.45) is 0 Å². The smallest absolute Gasteiger partial charge is 0.360 e. The van der Waals surface area contributed by atoms with Crippen LogP contribution in [0.5, 0.6) is 6.01 Å². The second kappa shape index (κ2) is 6.77. The number of carbonyl (C=O) groups is 1. The van der Waals surface area contributed by atoms with Crippen LogP contribution < -0.4 is 9.64 Å². The fraction of sp³-hybridized carbons (Fsp3) is 0.571. The van der Waals surface area contributed by atoms with E-state index in [1.807, 2.05) is 0 Å². The van der Waals surface area contributed by atoms with Gasteiger partial charge in [0.05, 0.1) is 19.4 Å². The van der Waals surface area contributed by atoms with Gasteiger partial charge < -0.3 is 14.4 Å². The second-order valence-electron chi connectivity index (χ2n) is 5.27. The van der Waals surface area contributed by atoms with Crippen LogP contribution in [0.3, 0.4) is 0 Å². The van der Waals surface area contributed by atoms with E-state index >= 15 is 0 Å². The van der Waals surface area contributed by atoms with Crippen LogP contribution in [0.25, 0.3) is 5.95 Å². The molecule has 0 bridgehead atoms. The molecular weight excluding hydrogens is 314 g/mol. The van der Waals surface area contributed by atoms with Crippen LogP contribution >= 0.6 is 0 Å². The molecule has 10 nitrogen and oxygen atoms in total. The number of rotatable bonds is 5. The Morgan fingerprint density at radius 3 is 2.54 bits per heavy atom. The number of nitrogens with zero attached hydrogens (tertiary/aromatic N) is 7. The molecule has 10 heteroatoms. The number of carbonyl (C=O) groups excluding carboxylic acids is 1. The highest BCUT2D eigenvalue weighted by molar-refractivity contribution is 5.88. The van der Waals surface area contributed by atoms with E-state index in [1.165, 1.54) is 11.8 Å². The van der Waals surface area contributed by atoms with Gasteiger partial charge in [-0.25, -0.2) is 4.79 Å². The maximum atomic E-state index is 11.9. The lowest BCUT2D eigenvalue weighted by Gasteiger charge is -2.16. The topological polar surface area (TPSA) is 108 Å². The zero-order chi connectivity index (χ0) is 17.1. The molecule has 3 rings (SSSR count). The van der Waals surface area contributed by atoms with E-state index in [4.69, 9.17) is 9.47 Å². The van der Waals surface area contributed by atoms with Crippen molar-refractivity contribution in [2.75, 3.05) is 31.7 Å². The van der Waals surface area contributed by atoms with Crippen LogP contribution in [0.1, 0.15) is 35.9 Å². The molecule has 0 aliphatic carbocycles. The fourth-order valence-corrected chi connectivity index (χ4v) is 2.49. The standard InChI is InChI=1S/C14H19N7O3/c1-4-24-11(22)10-9(2)21(19-18-10)13-15-12(16-14(17-13)23-3)20-7-5-6-8-20/h4-8H2,1-3H3. The van der Waals surface area contributed by atoms with E-state index in [0.717, 1.165) is 25.9 Å². The first-order valence-corrected chi connectivity index (χ1v) is 7.78. The lowest BCUT2D eigenvalue weighted by atomic mass is 10.3. The molecule has 0 spiro atoms. The fourth-order valence-electron chi connectivity index (χ4n) is 2.49. The number of anilines is 1. The molecule has 3 heterocycles. The largest absolute Gasteiger partial charge is 0.467 e. The van der Waals surface area contributed by atoms with Crippen molar-refractivity contribution in [3.63, 3.8) is 0 Å². The first-order valence-electron chi connectivity index (χ1n) is 7.78. The summed E-state index contributed by atoms with van der Waals surface area (Å²) in [6.45, 7) is 5.48. The van der Waals surface area contributed by atoms with Crippen molar-refractivity contribution in [2.45, 2.75) is 26.7 Å². The second-order valence-corrected chi connectivity index (χ2v) is 5.27. The summed E-state index contributed by atoms with van der Waals surface area (Å²) in [5, 5.41) is 7.85. The minimum atomic E-state index is -0.526. The van der Waals surface area contributed by atoms with E-state index in [1.54, 1.807) is 13.8 Å². The molecule has 0 radical (unpaired) electrons. The summed E-state index contributed by atoms with van der Waals surface area (Å²) in [5.41, 5.74) is 0.632. The predicted molar refractivity (Wildman–Crippen MR) is 83.4 cm³/mol. The third-order valence-corrected chi connectivity index (χ3v) is 3.72. The first kappa shape index (κ1) is 16.1. The zero-order valence-corrected chi connectivity index (χ0v) is 13.9. The summed E-state index contributed by atoms with van der Waals surface area (Å²) in [6, 6.07) is 0.189. The van der Waals surface area contributed by atoms with Gasteiger partial charge >= 0.3 is 12.0 Å². The number of esters is 1. The minimum Gasteiger partial charge on any atom is -0.467 e. The molecule has 0 aromatic carbocycles. The molecule has 1 aliphatic rings. The van der Waals surface area contributed by atoms with E-state index in [-0.39, 0.29) is 24.3 Å². The van der Waals surface area contributed by atoms with Gasteiger partial charge in [-0.3, -0.25) is 0 Å².